The Morgan fingerprint density at radius 1 is 1.14 bits per heavy atom. The lowest BCUT2D eigenvalue weighted by Crippen LogP contribution is -2.37. The van der Waals surface area contributed by atoms with Crippen molar-refractivity contribution in [3.05, 3.63) is 23.8 Å². The molecule has 2 aliphatic rings. The van der Waals surface area contributed by atoms with Crippen LogP contribution in [0, 0.1) is 0 Å². The second kappa shape index (κ2) is 6.36. The summed E-state index contributed by atoms with van der Waals surface area (Å²) in [6.45, 7) is 3.28. The van der Waals surface area contributed by atoms with Crippen LogP contribution in [0.1, 0.15) is 23.2 Å². The number of hydrogen-bond acceptors (Lipinski definition) is 5. The number of benzene rings is 1. The van der Waals surface area contributed by atoms with Crippen molar-refractivity contribution in [2.45, 2.75) is 12.8 Å². The average Bonchev–Trinajstić information content (AvgIpc) is 2.99. The third-order valence-corrected chi connectivity index (χ3v) is 4.13. The van der Waals surface area contributed by atoms with E-state index < -0.39 is 5.97 Å². The Labute approximate surface area is 129 Å². The van der Waals surface area contributed by atoms with E-state index in [2.05, 4.69) is 4.90 Å². The molecule has 0 aliphatic carbocycles. The summed E-state index contributed by atoms with van der Waals surface area (Å²) >= 11 is 0. The summed E-state index contributed by atoms with van der Waals surface area (Å²) in [4.78, 5) is 27.3. The van der Waals surface area contributed by atoms with Crippen molar-refractivity contribution in [2.75, 3.05) is 44.2 Å². The zero-order chi connectivity index (χ0) is 15.5. The molecule has 3 rings (SSSR count). The van der Waals surface area contributed by atoms with Gasteiger partial charge in [-0.15, -0.1) is 0 Å². The van der Waals surface area contributed by atoms with Crippen LogP contribution in [0.15, 0.2) is 18.2 Å². The number of ketones is 1. The molecule has 118 valence electrons. The van der Waals surface area contributed by atoms with E-state index in [-0.39, 0.29) is 12.3 Å². The molecule has 0 aromatic heterocycles. The van der Waals surface area contributed by atoms with Crippen LogP contribution in [0.3, 0.4) is 0 Å². The summed E-state index contributed by atoms with van der Waals surface area (Å²) in [6, 6.07) is 5.29. The van der Waals surface area contributed by atoms with Crippen LogP contribution >= 0.6 is 0 Å². The molecule has 0 unspecified atom stereocenters. The first-order valence-corrected chi connectivity index (χ1v) is 7.62. The first kappa shape index (κ1) is 14.8. The van der Waals surface area contributed by atoms with Gasteiger partial charge < -0.3 is 14.7 Å². The molecule has 6 nitrogen and oxygen atoms in total. The van der Waals surface area contributed by atoms with Gasteiger partial charge in [0.25, 0.3) is 0 Å². The number of hydrogen-bond donors (Lipinski definition) is 1. The number of nitrogens with zero attached hydrogens (tertiary/aromatic N) is 2. The fourth-order valence-corrected chi connectivity index (χ4v) is 3.01. The van der Waals surface area contributed by atoms with E-state index in [4.69, 9.17) is 9.84 Å². The second-order valence-corrected chi connectivity index (χ2v) is 5.75. The van der Waals surface area contributed by atoms with Gasteiger partial charge in [-0.05, 0) is 44.1 Å². The van der Waals surface area contributed by atoms with E-state index >= 15 is 0 Å². The number of carbonyl (C=O) groups excluding carboxylic acids is 1. The van der Waals surface area contributed by atoms with Gasteiger partial charge in [-0.3, -0.25) is 14.5 Å². The van der Waals surface area contributed by atoms with Crippen LogP contribution in [0.4, 0.5) is 5.69 Å². The molecule has 0 amide bonds. The van der Waals surface area contributed by atoms with Crippen molar-refractivity contribution in [2.24, 2.45) is 0 Å². The number of likely N-dealkylation sites (tertiary alicyclic amines) is 1. The topological polar surface area (TPSA) is 70.1 Å². The second-order valence-electron chi connectivity index (χ2n) is 5.75. The highest BCUT2D eigenvalue weighted by atomic mass is 16.5. The molecule has 6 heteroatoms. The third kappa shape index (κ3) is 3.22. The number of rotatable bonds is 5. The zero-order valence-corrected chi connectivity index (χ0v) is 12.5. The summed E-state index contributed by atoms with van der Waals surface area (Å²) in [7, 11) is 0. The predicted molar refractivity (Wildman–Crippen MR) is 81.8 cm³/mol. The number of carboxylic acids is 1. The summed E-state index contributed by atoms with van der Waals surface area (Å²) in [6.07, 6.45) is 2.30. The van der Waals surface area contributed by atoms with Gasteiger partial charge in [0.1, 0.15) is 18.9 Å². The van der Waals surface area contributed by atoms with Gasteiger partial charge in [-0.1, -0.05) is 0 Å². The third-order valence-electron chi connectivity index (χ3n) is 4.13. The van der Waals surface area contributed by atoms with Crippen LogP contribution in [0.25, 0.3) is 0 Å². The fourth-order valence-electron chi connectivity index (χ4n) is 3.01. The molecule has 1 N–H and O–H groups in total. The van der Waals surface area contributed by atoms with Crippen molar-refractivity contribution in [3.8, 4) is 5.75 Å². The van der Waals surface area contributed by atoms with Crippen LogP contribution in [-0.2, 0) is 4.79 Å². The van der Waals surface area contributed by atoms with Crippen LogP contribution in [0.2, 0.25) is 0 Å². The van der Waals surface area contributed by atoms with E-state index in [1.807, 2.05) is 0 Å². The molecular formula is C16H20N2O4. The first-order chi connectivity index (χ1) is 10.6. The predicted octanol–water partition coefficient (Wildman–Crippen LogP) is 1.25. The van der Waals surface area contributed by atoms with E-state index in [1.54, 1.807) is 23.1 Å². The number of ether oxygens (including phenoxy) is 1. The lowest BCUT2D eigenvalue weighted by Gasteiger charge is -2.30. The van der Waals surface area contributed by atoms with Gasteiger partial charge in [-0.25, -0.2) is 0 Å². The molecule has 0 spiro atoms. The van der Waals surface area contributed by atoms with Crippen LogP contribution < -0.4 is 9.64 Å². The quantitative estimate of drug-likeness (QED) is 0.826. The van der Waals surface area contributed by atoms with Gasteiger partial charge in [0.15, 0.2) is 5.78 Å². The Balaban J connectivity index is 1.78. The molecule has 0 radical (unpaired) electrons. The molecule has 1 saturated heterocycles. The molecule has 2 heterocycles. The monoisotopic (exact) mass is 304 g/mol. The molecule has 1 aromatic carbocycles. The maximum absolute atomic E-state index is 12.4. The number of fused-ring (bicyclic) bond motifs is 1. The Kier molecular flexibility index (Phi) is 4.29. The minimum atomic E-state index is -0.887. The number of carboxylic acid groups (broad SMARTS) is 1. The molecule has 0 saturated carbocycles. The molecule has 2 aliphatic heterocycles. The standard InChI is InChI=1S/C16H20N2O4/c19-14(10-17-5-1-2-6-17)12-3-4-15-13(9-12)18(7-8-22-15)11-16(20)21/h3-4,9H,1-2,5-8,10-11H2,(H,20,21). The SMILES string of the molecule is O=C(O)CN1CCOc2ccc(C(=O)CN3CCCC3)cc21. The minimum Gasteiger partial charge on any atom is -0.490 e. The summed E-state index contributed by atoms with van der Waals surface area (Å²) in [5.74, 6) is -0.169. The summed E-state index contributed by atoms with van der Waals surface area (Å²) in [5, 5.41) is 9.00. The van der Waals surface area contributed by atoms with Crippen LogP contribution in [0.5, 0.6) is 5.75 Å². The molecule has 1 fully saturated rings. The minimum absolute atomic E-state index is 0.0746. The molecule has 22 heavy (non-hydrogen) atoms. The molecule has 0 bridgehead atoms. The fraction of sp³-hybridized carbons (Fsp3) is 0.500. The molecule has 0 atom stereocenters. The van der Waals surface area contributed by atoms with Crippen LogP contribution in [-0.4, -0.2) is 61.1 Å². The van der Waals surface area contributed by atoms with E-state index in [1.165, 1.54) is 0 Å². The van der Waals surface area contributed by atoms with Crippen molar-refractivity contribution < 1.29 is 19.4 Å². The molecule has 1 aromatic rings. The van der Waals surface area contributed by atoms with Gasteiger partial charge >= 0.3 is 5.97 Å². The van der Waals surface area contributed by atoms with Gasteiger partial charge in [-0.2, -0.15) is 0 Å². The lowest BCUT2D eigenvalue weighted by atomic mass is 10.1. The summed E-state index contributed by atoms with van der Waals surface area (Å²) in [5.41, 5.74) is 1.31. The first-order valence-electron chi connectivity index (χ1n) is 7.62. The van der Waals surface area contributed by atoms with E-state index in [0.29, 0.717) is 36.7 Å². The Bertz CT molecular complexity index is 582. The maximum atomic E-state index is 12.4. The largest absolute Gasteiger partial charge is 0.490 e. The van der Waals surface area contributed by atoms with Crippen molar-refractivity contribution in [1.82, 2.24) is 4.90 Å². The zero-order valence-electron chi connectivity index (χ0n) is 12.5. The highest BCUT2D eigenvalue weighted by Gasteiger charge is 2.23. The van der Waals surface area contributed by atoms with Gasteiger partial charge in [0.2, 0.25) is 0 Å². The summed E-state index contributed by atoms with van der Waals surface area (Å²) < 4.78 is 5.55. The highest BCUT2D eigenvalue weighted by Crippen LogP contribution is 2.32. The molecular weight excluding hydrogens is 284 g/mol. The average molecular weight is 304 g/mol. The van der Waals surface area contributed by atoms with Gasteiger partial charge in [0.05, 0.1) is 18.8 Å². The maximum Gasteiger partial charge on any atom is 0.323 e. The van der Waals surface area contributed by atoms with Crippen molar-refractivity contribution >= 4 is 17.4 Å². The number of aliphatic carboxylic acids is 1. The van der Waals surface area contributed by atoms with E-state index in [0.717, 1.165) is 25.9 Å². The van der Waals surface area contributed by atoms with Crippen molar-refractivity contribution in [1.29, 1.82) is 0 Å². The number of Topliss-reactive ketones (excluding diaryl/α,β-unsaturated/α-hetero) is 1. The number of carbonyl (C=O) groups is 2. The highest BCUT2D eigenvalue weighted by molar-refractivity contribution is 5.99. The van der Waals surface area contributed by atoms with Crippen molar-refractivity contribution in [3.63, 3.8) is 0 Å². The van der Waals surface area contributed by atoms with E-state index in [9.17, 15) is 9.59 Å². The smallest absolute Gasteiger partial charge is 0.323 e. The van der Waals surface area contributed by atoms with Gasteiger partial charge in [0, 0.05) is 5.56 Å². The Morgan fingerprint density at radius 2 is 1.91 bits per heavy atom. The normalized spacial score (nSPS) is 17.9. The lowest BCUT2D eigenvalue weighted by molar-refractivity contribution is -0.135. The Hall–Kier alpha value is -2.08. The Morgan fingerprint density at radius 3 is 2.64 bits per heavy atom. The number of anilines is 1.